The van der Waals surface area contributed by atoms with Crippen LogP contribution in [0, 0.1) is 0 Å². The Bertz CT molecular complexity index is 749. The van der Waals surface area contributed by atoms with Gasteiger partial charge in [0.15, 0.2) is 5.78 Å². The number of aromatic nitrogens is 1. The predicted molar refractivity (Wildman–Crippen MR) is 107 cm³/mol. The lowest BCUT2D eigenvalue weighted by Gasteiger charge is -2.26. The fourth-order valence-corrected chi connectivity index (χ4v) is 3.07. The zero-order valence-corrected chi connectivity index (χ0v) is 15.0. The number of pyridine rings is 1. The van der Waals surface area contributed by atoms with Crippen LogP contribution in [0.4, 0.5) is 11.5 Å². The van der Waals surface area contributed by atoms with Crippen LogP contribution in [-0.4, -0.2) is 41.8 Å². The molecule has 0 saturated carbocycles. The van der Waals surface area contributed by atoms with E-state index in [0.717, 1.165) is 24.6 Å². The summed E-state index contributed by atoms with van der Waals surface area (Å²) in [5.41, 5.74) is 7.67. The maximum Gasteiger partial charge on any atom is 0.185 e. The Balaban J connectivity index is 1.53. The van der Waals surface area contributed by atoms with Crippen molar-refractivity contribution in [1.82, 2.24) is 9.88 Å². The van der Waals surface area contributed by atoms with E-state index in [0.29, 0.717) is 11.3 Å². The van der Waals surface area contributed by atoms with Crippen molar-refractivity contribution in [2.75, 3.05) is 37.2 Å². The molecule has 3 N–H and O–H groups in total. The lowest BCUT2D eigenvalue weighted by Crippen LogP contribution is -2.33. The zero-order valence-electron chi connectivity index (χ0n) is 15.0. The Morgan fingerprint density at radius 1 is 1.12 bits per heavy atom. The van der Waals surface area contributed by atoms with Crippen LogP contribution >= 0.6 is 0 Å². The summed E-state index contributed by atoms with van der Waals surface area (Å²) in [7, 11) is 0. The van der Waals surface area contributed by atoms with Gasteiger partial charge >= 0.3 is 0 Å². The summed E-state index contributed by atoms with van der Waals surface area (Å²) in [6.07, 6.45) is 7.26. The number of anilines is 2. The number of nitrogens with one attached hydrogen (secondary N) is 1. The van der Waals surface area contributed by atoms with Gasteiger partial charge in [-0.15, -0.1) is 0 Å². The Hall–Kier alpha value is -2.66. The summed E-state index contributed by atoms with van der Waals surface area (Å²) >= 11 is 0. The van der Waals surface area contributed by atoms with Gasteiger partial charge in [0, 0.05) is 24.3 Å². The van der Waals surface area contributed by atoms with Crippen molar-refractivity contribution in [3.63, 3.8) is 0 Å². The molecule has 0 bridgehead atoms. The second kappa shape index (κ2) is 9.15. The molecule has 0 aliphatic carbocycles. The van der Waals surface area contributed by atoms with Gasteiger partial charge in [0.05, 0.1) is 5.69 Å². The van der Waals surface area contributed by atoms with E-state index in [9.17, 15) is 4.79 Å². The third-order valence-corrected chi connectivity index (χ3v) is 4.55. The van der Waals surface area contributed by atoms with Crippen molar-refractivity contribution in [2.45, 2.75) is 19.3 Å². The summed E-state index contributed by atoms with van der Waals surface area (Å²) in [5, 5.41) is 3.37. The highest BCUT2D eigenvalue weighted by Crippen LogP contribution is 2.11. The fourth-order valence-electron chi connectivity index (χ4n) is 3.07. The first-order valence-electron chi connectivity index (χ1n) is 9.22. The van der Waals surface area contributed by atoms with Crippen LogP contribution in [0.3, 0.4) is 0 Å². The van der Waals surface area contributed by atoms with Gasteiger partial charge in [-0.3, -0.25) is 4.79 Å². The third kappa shape index (κ3) is 5.43. The smallest absolute Gasteiger partial charge is 0.185 e. The molecule has 1 aromatic carbocycles. The molecule has 0 atom stereocenters. The fraction of sp³-hybridized carbons (Fsp3) is 0.333. The van der Waals surface area contributed by atoms with Crippen LogP contribution in [-0.2, 0) is 0 Å². The number of carbonyl (C=O) groups is 1. The van der Waals surface area contributed by atoms with Crippen LogP contribution in [0.25, 0.3) is 6.08 Å². The Labute approximate surface area is 154 Å². The Morgan fingerprint density at radius 3 is 2.65 bits per heavy atom. The number of likely N-dealkylation sites (tertiary alicyclic amines) is 1. The first kappa shape index (κ1) is 18.1. The van der Waals surface area contributed by atoms with E-state index in [4.69, 9.17) is 5.73 Å². The number of piperidine rings is 1. The topological polar surface area (TPSA) is 71.2 Å². The molecule has 26 heavy (non-hydrogen) atoms. The lowest BCUT2D eigenvalue weighted by molar-refractivity contribution is 0.104. The minimum Gasteiger partial charge on any atom is -0.399 e. The van der Waals surface area contributed by atoms with E-state index in [-0.39, 0.29) is 5.78 Å². The van der Waals surface area contributed by atoms with Crippen molar-refractivity contribution in [3.05, 3.63) is 59.8 Å². The van der Waals surface area contributed by atoms with Gasteiger partial charge in [0.1, 0.15) is 5.82 Å². The van der Waals surface area contributed by atoms with Crippen molar-refractivity contribution in [3.8, 4) is 0 Å². The number of hydrogen-bond acceptors (Lipinski definition) is 5. The SMILES string of the molecule is Nc1ccc(C(=O)C=Cc2cccc(NCCN3CCCCC3)n2)cc1. The van der Waals surface area contributed by atoms with Crippen LogP contribution in [0.5, 0.6) is 0 Å². The zero-order chi connectivity index (χ0) is 18.2. The molecule has 136 valence electrons. The Kier molecular flexibility index (Phi) is 6.39. The standard InChI is InChI=1S/C21H26N4O/c22-18-9-7-17(8-10-18)20(26)12-11-19-5-4-6-21(24-19)23-13-16-25-14-2-1-3-15-25/h4-12H,1-3,13-16,22H2,(H,23,24). The number of allylic oxidation sites excluding steroid dienone is 1. The van der Waals surface area contributed by atoms with E-state index in [1.807, 2.05) is 18.2 Å². The van der Waals surface area contributed by atoms with Crippen LogP contribution in [0.2, 0.25) is 0 Å². The summed E-state index contributed by atoms with van der Waals surface area (Å²) in [5.74, 6) is 0.777. The highest BCUT2D eigenvalue weighted by atomic mass is 16.1. The maximum atomic E-state index is 12.2. The van der Waals surface area contributed by atoms with Gasteiger partial charge in [-0.25, -0.2) is 4.98 Å². The number of benzene rings is 1. The van der Waals surface area contributed by atoms with Crippen LogP contribution in [0.1, 0.15) is 35.3 Å². The third-order valence-electron chi connectivity index (χ3n) is 4.55. The van der Waals surface area contributed by atoms with E-state index in [2.05, 4.69) is 15.2 Å². The number of ketones is 1. The predicted octanol–water partition coefficient (Wildman–Crippen LogP) is 3.46. The number of rotatable bonds is 7. The number of nitrogen functional groups attached to an aromatic ring is 1. The molecule has 2 aromatic rings. The molecule has 1 saturated heterocycles. The molecule has 5 nitrogen and oxygen atoms in total. The van der Waals surface area contributed by atoms with Gasteiger partial charge in [-0.2, -0.15) is 0 Å². The number of carbonyl (C=O) groups excluding carboxylic acids is 1. The van der Waals surface area contributed by atoms with Crippen LogP contribution in [0.15, 0.2) is 48.5 Å². The Morgan fingerprint density at radius 2 is 1.88 bits per heavy atom. The summed E-state index contributed by atoms with van der Waals surface area (Å²) < 4.78 is 0. The number of nitrogens with two attached hydrogens (primary N) is 1. The molecular weight excluding hydrogens is 324 g/mol. The van der Waals surface area contributed by atoms with Gasteiger partial charge < -0.3 is 16.0 Å². The lowest BCUT2D eigenvalue weighted by atomic mass is 10.1. The highest BCUT2D eigenvalue weighted by Gasteiger charge is 2.09. The molecule has 0 unspecified atom stereocenters. The molecule has 1 aliphatic heterocycles. The van der Waals surface area contributed by atoms with Crippen LogP contribution < -0.4 is 11.1 Å². The normalized spacial score (nSPS) is 15.2. The average Bonchev–Trinajstić information content (AvgIpc) is 2.68. The first-order chi connectivity index (χ1) is 12.7. The van der Waals surface area contributed by atoms with Crippen molar-refractivity contribution >= 4 is 23.4 Å². The summed E-state index contributed by atoms with van der Waals surface area (Å²) in [6, 6.07) is 12.7. The monoisotopic (exact) mass is 350 g/mol. The van der Waals surface area contributed by atoms with E-state index >= 15 is 0 Å². The molecule has 1 aromatic heterocycles. The van der Waals surface area contributed by atoms with E-state index in [1.54, 1.807) is 36.4 Å². The van der Waals surface area contributed by atoms with Gasteiger partial charge in [-0.1, -0.05) is 12.5 Å². The average molecular weight is 350 g/mol. The summed E-state index contributed by atoms with van der Waals surface area (Å²) in [6.45, 7) is 4.32. The number of hydrogen-bond donors (Lipinski definition) is 2. The number of nitrogens with zero attached hydrogens (tertiary/aromatic N) is 2. The van der Waals surface area contributed by atoms with Crippen molar-refractivity contribution in [2.24, 2.45) is 0 Å². The second-order valence-corrected chi connectivity index (χ2v) is 6.60. The molecule has 1 aliphatic rings. The minimum absolute atomic E-state index is 0.0599. The molecular formula is C21H26N4O. The minimum atomic E-state index is -0.0599. The molecule has 1 fully saturated rings. The van der Waals surface area contributed by atoms with Crippen molar-refractivity contribution in [1.29, 1.82) is 0 Å². The molecule has 2 heterocycles. The van der Waals surface area contributed by atoms with Crippen molar-refractivity contribution < 1.29 is 4.79 Å². The van der Waals surface area contributed by atoms with Gasteiger partial charge in [0.25, 0.3) is 0 Å². The maximum absolute atomic E-state index is 12.2. The molecule has 0 spiro atoms. The first-order valence-corrected chi connectivity index (χ1v) is 9.22. The van der Waals surface area contributed by atoms with E-state index < -0.39 is 0 Å². The molecule has 3 rings (SSSR count). The quantitative estimate of drug-likeness (QED) is 0.455. The highest BCUT2D eigenvalue weighted by molar-refractivity contribution is 6.06. The van der Waals surface area contributed by atoms with E-state index in [1.165, 1.54) is 32.4 Å². The van der Waals surface area contributed by atoms with Gasteiger partial charge in [0.2, 0.25) is 0 Å². The second-order valence-electron chi connectivity index (χ2n) is 6.60. The molecule has 0 amide bonds. The summed E-state index contributed by atoms with van der Waals surface area (Å²) in [4.78, 5) is 19.2. The largest absolute Gasteiger partial charge is 0.399 e. The van der Waals surface area contributed by atoms with Gasteiger partial charge in [-0.05, 0) is 74.5 Å². The molecule has 0 radical (unpaired) electrons. The molecule has 5 heteroatoms.